The fourth-order valence-corrected chi connectivity index (χ4v) is 2.09. The molecule has 0 aliphatic carbocycles. The largest absolute Gasteiger partial charge is 0.378 e. The number of hydrogen-bond donors (Lipinski definition) is 1. The van der Waals surface area contributed by atoms with Crippen LogP contribution in [0.2, 0.25) is 5.02 Å². The molecule has 2 aromatic rings. The van der Waals surface area contributed by atoms with Crippen LogP contribution < -0.4 is 10.3 Å². The lowest BCUT2D eigenvalue weighted by Gasteiger charge is -2.11. The van der Waals surface area contributed by atoms with Crippen molar-refractivity contribution in [1.29, 1.82) is 0 Å². The van der Waals surface area contributed by atoms with Crippen molar-refractivity contribution in [3.63, 3.8) is 0 Å². The zero-order valence-corrected chi connectivity index (χ0v) is 13.8. The summed E-state index contributed by atoms with van der Waals surface area (Å²) in [6.07, 6.45) is 1.47. The van der Waals surface area contributed by atoms with Gasteiger partial charge in [-0.05, 0) is 23.8 Å². The van der Waals surface area contributed by atoms with Gasteiger partial charge in [-0.3, -0.25) is 14.9 Å². The molecule has 0 aliphatic heterocycles. The van der Waals surface area contributed by atoms with E-state index in [0.717, 1.165) is 17.3 Å². The Morgan fingerprint density at radius 1 is 1.25 bits per heavy atom. The van der Waals surface area contributed by atoms with Crippen LogP contribution >= 0.6 is 11.6 Å². The Balaban J connectivity index is 2.07. The first-order valence-electron chi connectivity index (χ1n) is 6.93. The number of hydrogen-bond acceptors (Lipinski definition) is 5. The minimum atomic E-state index is -0.620. The van der Waals surface area contributed by atoms with Crippen molar-refractivity contribution in [3.8, 4) is 0 Å². The van der Waals surface area contributed by atoms with E-state index in [1.165, 1.54) is 18.3 Å². The molecule has 7 nitrogen and oxygen atoms in total. The number of nitro benzene ring substituents is 1. The molecule has 2 rings (SSSR count). The van der Waals surface area contributed by atoms with Crippen LogP contribution in [0, 0.1) is 10.1 Å². The first kappa shape index (κ1) is 17.4. The van der Waals surface area contributed by atoms with Crippen molar-refractivity contribution in [1.82, 2.24) is 5.43 Å². The molecule has 24 heavy (non-hydrogen) atoms. The van der Waals surface area contributed by atoms with E-state index in [1.54, 1.807) is 0 Å². The van der Waals surface area contributed by atoms with E-state index in [4.69, 9.17) is 11.6 Å². The Morgan fingerprint density at radius 3 is 2.50 bits per heavy atom. The molecule has 0 unspecified atom stereocenters. The summed E-state index contributed by atoms with van der Waals surface area (Å²) >= 11 is 5.90. The van der Waals surface area contributed by atoms with Gasteiger partial charge >= 0.3 is 0 Å². The highest BCUT2D eigenvalue weighted by Crippen LogP contribution is 2.21. The van der Waals surface area contributed by atoms with E-state index in [1.807, 2.05) is 43.3 Å². The van der Waals surface area contributed by atoms with Crippen LogP contribution in [0.15, 0.2) is 47.6 Å². The Hall–Kier alpha value is -2.93. The third kappa shape index (κ3) is 4.30. The van der Waals surface area contributed by atoms with E-state index in [2.05, 4.69) is 10.5 Å². The number of nitrogens with zero attached hydrogens (tertiary/aromatic N) is 3. The van der Waals surface area contributed by atoms with E-state index in [9.17, 15) is 14.9 Å². The molecule has 2 aromatic carbocycles. The summed E-state index contributed by atoms with van der Waals surface area (Å²) in [6, 6.07) is 11.2. The lowest BCUT2D eigenvalue weighted by Crippen LogP contribution is -2.18. The monoisotopic (exact) mass is 346 g/mol. The van der Waals surface area contributed by atoms with E-state index >= 15 is 0 Å². The molecule has 1 amide bonds. The van der Waals surface area contributed by atoms with Crippen LogP contribution in [-0.4, -0.2) is 31.1 Å². The summed E-state index contributed by atoms with van der Waals surface area (Å²) in [4.78, 5) is 24.2. The molecule has 0 aliphatic rings. The summed E-state index contributed by atoms with van der Waals surface area (Å²) in [5.41, 5.74) is 3.92. The number of carbonyl (C=O) groups is 1. The van der Waals surface area contributed by atoms with E-state index < -0.39 is 10.8 Å². The Morgan fingerprint density at radius 2 is 1.92 bits per heavy atom. The fourth-order valence-electron chi connectivity index (χ4n) is 1.89. The Labute approximate surface area is 143 Å². The molecular weight excluding hydrogens is 332 g/mol. The highest BCUT2D eigenvalue weighted by Gasteiger charge is 2.15. The van der Waals surface area contributed by atoms with Gasteiger partial charge in [0.1, 0.15) is 0 Å². The van der Waals surface area contributed by atoms with Crippen LogP contribution in [0.4, 0.5) is 11.4 Å². The topological polar surface area (TPSA) is 87.8 Å². The first-order chi connectivity index (χ1) is 11.4. The van der Waals surface area contributed by atoms with Crippen molar-refractivity contribution in [2.24, 2.45) is 5.10 Å². The van der Waals surface area contributed by atoms with Gasteiger partial charge in [-0.2, -0.15) is 5.10 Å². The van der Waals surface area contributed by atoms with Crippen molar-refractivity contribution >= 4 is 35.1 Å². The Kier molecular flexibility index (Phi) is 5.49. The molecule has 0 saturated heterocycles. The van der Waals surface area contributed by atoms with Gasteiger partial charge in [0.15, 0.2) is 0 Å². The van der Waals surface area contributed by atoms with Gasteiger partial charge in [-0.15, -0.1) is 0 Å². The van der Waals surface area contributed by atoms with Crippen LogP contribution in [0.1, 0.15) is 15.9 Å². The van der Waals surface area contributed by atoms with Gasteiger partial charge in [0.2, 0.25) is 0 Å². The quantitative estimate of drug-likeness (QED) is 0.512. The number of carbonyl (C=O) groups excluding carboxylic acids is 1. The minimum Gasteiger partial charge on any atom is -0.378 e. The standard InChI is InChI=1S/C16H15ClN4O3/c1-20(2)12-5-3-11(4-6-12)10-18-19-16(22)14-9-13(21(23)24)7-8-15(14)17/h3-10H,1-2H3,(H,19,22)/b18-10+. The molecule has 0 bridgehead atoms. The summed E-state index contributed by atoms with van der Waals surface area (Å²) in [5.74, 6) is -0.620. The number of benzene rings is 2. The number of non-ortho nitro benzene ring substituents is 1. The SMILES string of the molecule is CN(C)c1ccc(/C=N/NC(=O)c2cc([N+](=O)[O-])ccc2Cl)cc1. The zero-order valence-electron chi connectivity index (χ0n) is 13.1. The van der Waals surface area contributed by atoms with Gasteiger partial charge in [0, 0.05) is 31.9 Å². The number of rotatable bonds is 5. The van der Waals surface area contributed by atoms with Crippen molar-refractivity contribution in [2.45, 2.75) is 0 Å². The first-order valence-corrected chi connectivity index (χ1v) is 7.31. The van der Waals surface area contributed by atoms with Crippen molar-refractivity contribution in [3.05, 3.63) is 68.7 Å². The lowest BCUT2D eigenvalue weighted by molar-refractivity contribution is -0.384. The summed E-state index contributed by atoms with van der Waals surface area (Å²) in [6.45, 7) is 0. The molecule has 1 N–H and O–H groups in total. The van der Waals surface area contributed by atoms with Crippen LogP contribution in [-0.2, 0) is 0 Å². The number of hydrazone groups is 1. The van der Waals surface area contributed by atoms with E-state index in [-0.39, 0.29) is 16.3 Å². The van der Waals surface area contributed by atoms with Gasteiger partial charge < -0.3 is 4.90 Å². The number of nitro groups is 1. The summed E-state index contributed by atoms with van der Waals surface area (Å²) in [7, 11) is 3.87. The minimum absolute atomic E-state index is 0.00836. The molecule has 0 radical (unpaired) electrons. The average molecular weight is 347 g/mol. The second-order valence-electron chi connectivity index (χ2n) is 5.11. The molecule has 8 heteroatoms. The van der Waals surface area contributed by atoms with Gasteiger partial charge in [0.05, 0.1) is 21.7 Å². The normalized spacial score (nSPS) is 10.6. The van der Waals surface area contributed by atoms with Crippen molar-refractivity contribution < 1.29 is 9.72 Å². The molecule has 0 heterocycles. The number of amides is 1. The predicted octanol–water partition coefficient (Wildman–Crippen LogP) is 3.08. The van der Waals surface area contributed by atoms with E-state index in [0.29, 0.717) is 0 Å². The van der Waals surface area contributed by atoms with Crippen LogP contribution in [0.3, 0.4) is 0 Å². The molecular formula is C16H15ClN4O3. The molecule has 0 aromatic heterocycles. The number of halogens is 1. The number of nitrogens with one attached hydrogen (secondary N) is 1. The fraction of sp³-hybridized carbons (Fsp3) is 0.125. The maximum atomic E-state index is 12.0. The summed E-state index contributed by atoms with van der Waals surface area (Å²) in [5, 5.41) is 14.7. The Bertz CT molecular complexity index is 788. The zero-order chi connectivity index (χ0) is 17.7. The maximum absolute atomic E-state index is 12.0. The predicted molar refractivity (Wildman–Crippen MR) is 93.9 cm³/mol. The molecule has 0 atom stereocenters. The van der Waals surface area contributed by atoms with Gasteiger partial charge in [0.25, 0.3) is 11.6 Å². The van der Waals surface area contributed by atoms with Gasteiger partial charge in [-0.1, -0.05) is 23.7 Å². The van der Waals surface area contributed by atoms with Crippen molar-refractivity contribution in [2.75, 3.05) is 19.0 Å². The third-order valence-corrected chi connectivity index (χ3v) is 3.52. The molecule has 0 fully saturated rings. The summed E-state index contributed by atoms with van der Waals surface area (Å²) < 4.78 is 0. The van der Waals surface area contributed by atoms with Crippen LogP contribution in [0.25, 0.3) is 0 Å². The third-order valence-electron chi connectivity index (χ3n) is 3.19. The number of anilines is 1. The molecule has 0 spiro atoms. The second-order valence-corrected chi connectivity index (χ2v) is 5.51. The van der Waals surface area contributed by atoms with Crippen LogP contribution in [0.5, 0.6) is 0 Å². The van der Waals surface area contributed by atoms with Gasteiger partial charge in [-0.25, -0.2) is 5.43 Å². The highest BCUT2D eigenvalue weighted by atomic mass is 35.5. The molecule has 124 valence electrons. The second kappa shape index (κ2) is 7.56. The highest BCUT2D eigenvalue weighted by molar-refractivity contribution is 6.33. The smallest absolute Gasteiger partial charge is 0.273 e. The lowest BCUT2D eigenvalue weighted by atomic mass is 10.2. The average Bonchev–Trinajstić information content (AvgIpc) is 2.55. The maximum Gasteiger partial charge on any atom is 0.273 e. The molecule has 0 saturated carbocycles.